The molecule has 0 aromatic carbocycles. The Morgan fingerprint density at radius 1 is 1.40 bits per heavy atom. The van der Waals surface area contributed by atoms with Crippen LogP contribution in [0.2, 0.25) is 0 Å². The smallest absolute Gasteiger partial charge is 0.00208 e. The van der Waals surface area contributed by atoms with Crippen molar-refractivity contribution in [3.63, 3.8) is 0 Å². The maximum Gasteiger partial charge on any atom is -0.00208 e. The fourth-order valence-electron chi connectivity index (χ4n) is 1.64. The molecule has 10 heavy (non-hydrogen) atoms. The van der Waals surface area contributed by atoms with Crippen molar-refractivity contribution in [2.24, 2.45) is 11.8 Å². The average Bonchev–Trinajstić information content (AvgIpc) is 2.65. The minimum Gasteiger partial charge on any atom is -0.319 e. The third kappa shape index (κ3) is 2.30. The summed E-state index contributed by atoms with van der Waals surface area (Å²) in [6, 6.07) is 0. The fraction of sp³-hybridized carbons (Fsp3) is 1.00. The lowest BCUT2D eigenvalue weighted by atomic mass is 10.1. The Morgan fingerprint density at radius 3 is 2.80 bits per heavy atom. The van der Waals surface area contributed by atoms with Gasteiger partial charge in [-0.15, -0.1) is 0 Å². The highest BCUT2D eigenvalue weighted by Crippen LogP contribution is 2.41. The normalized spacial score (nSPS) is 30.6. The van der Waals surface area contributed by atoms with Gasteiger partial charge in [-0.3, -0.25) is 0 Å². The van der Waals surface area contributed by atoms with Gasteiger partial charge in [0.25, 0.3) is 0 Å². The molecule has 0 radical (unpaired) electrons. The highest BCUT2D eigenvalue weighted by atomic mass is 14.8. The summed E-state index contributed by atoms with van der Waals surface area (Å²) in [6.45, 7) is 3.52. The molecular formula is C9H19N. The van der Waals surface area contributed by atoms with Gasteiger partial charge in [-0.2, -0.15) is 0 Å². The molecule has 0 aromatic rings. The van der Waals surface area contributed by atoms with Crippen molar-refractivity contribution in [1.82, 2.24) is 5.32 Å². The second-order valence-electron chi connectivity index (χ2n) is 3.46. The van der Waals surface area contributed by atoms with Crippen LogP contribution in [0.5, 0.6) is 0 Å². The van der Waals surface area contributed by atoms with Crippen molar-refractivity contribution in [2.75, 3.05) is 13.6 Å². The van der Waals surface area contributed by atoms with Gasteiger partial charge >= 0.3 is 0 Å². The predicted molar refractivity (Wildman–Crippen MR) is 45.0 cm³/mol. The van der Waals surface area contributed by atoms with E-state index < -0.39 is 0 Å². The molecule has 1 rings (SSSR count). The van der Waals surface area contributed by atoms with E-state index in [0.717, 1.165) is 11.8 Å². The first kappa shape index (κ1) is 8.06. The molecule has 60 valence electrons. The maximum atomic E-state index is 3.24. The molecule has 1 aliphatic rings. The fourth-order valence-corrected chi connectivity index (χ4v) is 1.64. The summed E-state index contributed by atoms with van der Waals surface area (Å²) in [5, 5.41) is 3.24. The lowest BCUT2D eigenvalue weighted by molar-refractivity contribution is 0.583. The van der Waals surface area contributed by atoms with Crippen LogP contribution in [0.25, 0.3) is 0 Å². The molecule has 0 unspecified atom stereocenters. The summed E-state index contributed by atoms with van der Waals surface area (Å²) in [5.74, 6) is 2.10. The standard InChI is InChI=1S/C9H19N/c1-3-4-5-8-6-9(8)7-10-2/h8-10H,3-7H2,1-2H3/t8-,9+/m1/s1. The molecule has 1 fully saturated rings. The van der Waals surface area contributed by atoms with Gasteiger partial charge in [0.15, 0.2) is 0 Å². The van der Waals surface area contributed by atoms with E-state index in [2.05, 4.69) is 19.3 Å². The molecular weight excluding hydrogens is 122 g/mol. The number of hydrogen-bond donors (Lipinski definition) is 1. The first-order chi connectivity index (χ1) is 4.88. The van der Waals surface area contributed by atoms with Gasteiger partial charge in [-0.25, -0.2) is 0 Å². The zero-order valence-corrected chi connectivity index (χ0v) is 7.19. The summed E-state index contributed by atoms with van der Waals surface area (Å²) in [6.07, 6.45) is 5.76. The van der Waals surface area contributed by atoms with E-state index in [-0.39, 0.29) is 0 Å². The first-order valence-electron chi connectivity index (χ1n) is 4.53. The average molecular weight is 141 g/mol. The van der Waals surface area contributed by atoms with Crippen molar-refractivity contribution < 1.29 is 0 Å². The number of rotatable bonds is 5. The summed E-state index contributed by atoms with van der Waals surface area (Å²) in [7, 11) is 2.05. The summed E-state index contributed by atoms with van der Waals surface area (Å²) < 4.78 is 0. The Kier molecular flexibility index (Phi) is 3.20. The monoisotopic (exact) mass is 141 g/mol. The molecule has 0 aliphatic heterocycles. The highest BCUT2D eigenvalue weighted by molar-refractivity contribution is 4.86. The van der Waals surface area contributed by atoms with Crippen LogP contribution in [0, 0.1) is 11.8 Å². The molecule has 1 heteroatoms. The van der Waals surface area contributed by atoms with Gasteiger partial charge in [-0.05, 0) is 31.8 Å². The largest absolute Gasteiger partial charge is 0.319 e. The van der Waals surface area contributed by atoms with Crippen molar-refractivity contribution in [3.8, 4) is 0 Å². The molecule has 1 saturated carbocycles. The zero-order valence-electron chi connectivity index (χ0n) is 7.19. The molecule has 0 spiro atoms. The van der Waals surface area contributed by atoms with Crippen LogP contribution in [0.4, 0.5) is 0 Å². The van der Waals surface area contributed by atoms with E-state index in [1.165, 1.54) is 32.2 Å². The van der Waals surface area contributed by atoms with E-state index in [9.17, 15) is 0 Å². The quantitative estimate of drug-likeness (QED) is 0.617. The van der Waals surface area contributed by atoms with E-state index in [4.69, 9.17) is 0 Å². The minimum absolute atomic E-state index is 1.02. The van der Waals surface area contributed by atoms with Gasteiger partial charge in [0, 0.05) is 0 Å². The SMILES string of the molecule is CCCC[C@@H]1C[C@H]1CNC. The lowest BCUT2D eigenvalue weighted by Gasteiger charge is -1.96. The van der Waals surface area contributed by atoms with Gasteiger partial charge in [0.1, 0.15) is 0 Å². The number of hydrogen-bond acceptors (Lipinski definition) is 1. The molecule has 1 N–H and O–H groups in total. The van der Waals surface area contributed by atoms with Crippen LogP contribution in [0.15, 0.2) is 0 Å². The van der Waals surface area contributed by atoms with Crippen molar-refractivity contribution in [3.05, 3.63) is 0 Å². The van der Waals surface area contributed by atoms with Crippen LogP contribution in [-0.2, 0) is 0 Å². The first-order valence-corrected chi connectivity index (χ1v) is 4.53. The highest BCUT2D eigenvalue weighted by Gasteiger charge is 2.34. The van der Waals surface area contributed by atoms with Gasteiger partial charge < -0.3 is 5.32 Å². The van der Waals surface area contributed by atoms with Crippen molar-refractivity contribution in [2.45, 2.75) is 32.6 Å². The Labute approximate surface area is 64.2 Å². The Hall–Kier alpha value is -0.0400. The third-order valence-corrected chi connectivity index (χ3v) is 2.46. The number of nitrogens with one attached hydrogen (secondary N) is 1. The van der Waals surface area contributed by atoms with Crippen molar-refractivity contribution >= 4 is 0 Å². The molecule has 2 atom stereocenters. The Balaban J connectivity index is 1.92. The van der Waals surface area contributed by atoms with Gasteiger partial charge in [0.2, 0.25) is 0 Å². The van der Waals surface area contributed by atoms with Crippen LogP contribution >= 0.6 is 0 Å². The zero-order chi connectivity index (χ0) is 7.40. The summed E-state index contributed by atoms with van der Waals surface area (Å²) >= 11 is 0. The predicted octanol–water partition coefficient (Wildman–Crippen LogP) is 2.03. The third-order valence-electron chi connectivity index (χ3n) is 2.46. The van der Waals surface area contributed by atoms with Crippen LogP contribution in [0.1, 0.15) is 32.6 Å². The van der Waals surface area contributed by atoms with E-state index in [0.29, 0.717) is 0 Å². The lowest BCUT2D eigenvalue weighted by Crippen LogP contribution is -2.10. The molecule has 0 aromatic heterocycles. The Bertz CT molecular complexity index is 90.7. The Morgan fingerprint density at radius 2 is 2.20 bits per heavy atom. The van der Waals surface area contributed by atoms with E-state index in [1.807, 2.05) is 0 Å². The second kappa shape index (κ2) is 3.97. The topological polar surface area (TPSA) is 12.0 Å². The van der Waals surface area contributed by atoms with Crippen LogP contribution < -0.4 is 5.32 Å². The minimum atomic E-state index is 1.02. The molecule has 0 amide bonds. The molecule has 0 saturated heterocycles. The molecule has 1 aliphatic carbocycles. The van der Waals surface area contributed by atoms with E-state index >= 15 is 0 Å². The number of unbranched alkanes of at least 4 members (excludes halogenated alkanes) is 1. The summed E-state index contributed by atoms with van der Waals surface area (Å²) in [5.41, 5.74) is 0. The molecule has 0 heterocycles. The van der Waals surface area contributed by atoms with Crippen LogP contribution in [0.3, 0.4) is 0 Å². The molecule has 1 nitrogen and oxygen atoms in total. The second-order valence-corrected chi connectivity index (χ2v) is 3.46. The molecule has 0 bridgehead atoms. The maximum absolute atomic E-state index is 3.24. The van der Waals surface area contributed by atoms with Gasteiger partial charge in [-0.1, -0.05) is 26.2 Å². The van der Waals surface area contributed by atoms with Gasteiger partial charge in [0.05, 0.1) is 0 Å². The van der Waals surface area contributed by atoms with E-state index in [1.54, 1.807) is 0 Å². The van der Waals surface area contributed by atoms with Crippen molar-refractivity contribution in [1.29, 1.82) is 0 Å². The summed E-state index contributed by atoms with van der Waals surface area (Å²) in [4.78, 5) is 0. The van der Waals surface area contributed by atoms with Crippen LogP contribution in [-0.4, -0.2) is 13.6 Å².